The summed E-state index contributed by atoms with van der Waals surface area (Å²) in [5, 5.41) is 7.42. The lowest BCUT2D eigenvalue weighted by Crippen LogP contribution is -2.33. The van der Waals surface area contributed by atoms with Gasteiger partial charge in [-0.2, -0.15) is 0 Å². The van der Waals surface area contributed by atoms with Gasteiger partial charge in [0.25, 0.3) is 0 Å². The molecule has 0 fully saturated rings. The van der Waals surface area contributed by atoms with Crippen LogP contribution in [0.2, 0.25) is 0 Å². The van der Waals surface area contributed by atoms with Gasteiger partial charge in [-0.3, -0.25) is 5.32 Å². The Bertz CT molecular complexity index is 456. The van der Waals surface area contributed by atoms with E-state index < -0.39 is 15.4 Å². The van der Waals surface area contributed by atoms with E-state index in [1.807, 2.05) is 24.3 Å². The van der Waals surface area contributed by atoms with Crippen molar-refractivity contribution in [3.05, 3.63) is 35.4 Å². The van der Waals surface area contributed by atoms with E-state index in [9.17, 15) is 8.42 Å². The fourth-order valence-corrected chi connectivity index (χ4v) is 2.87. The normalized spacial score (nSPS) is 21.8. The monoisotopic (exact) mass is 226 g/mol. The molecule has 1 aromatic carbocycles. The molecule has 0 bridgehead atoms. The molecule has 0 radical (unpaired) electrons. The maximum atomic E-state index is 11.4. The van der Waals surface area contributed by atoms with Crippen molar-refractivity contribution in [2.75, 3.05) is 6.54 Å². The SMILES string of the molecule is NS(=O)(=O)C1NCCCc2ccccc21. The zero-order valence-electron chi connectivity index (χ0n) is 8.31. The van der Waals surface area contributed by atoms with Gasteiger partial charge in [-0.25, -0.2) is 13.6 Å². The molecule has 1 aromatic rings. The third-order valence-corrected chi connectivity index (χ3v) is 3.70. The van der Waals surface area contributed by atoms with E-state index in [-0.39, 0.29) is 0 Å². The Morgan fingerprint density at radius 3 is 2.80 bits per heavy atom. The molecule has 15 heavy (non-hydrogen) atoms. The van der Waals surface area contributed by atoms with Crippen LogP contribution in [-0.4, -0.2) is 15.0 Å². The summed E-state index contributed by atoms with van der Waals surface area (Å²) in [7, 11) is -3.57. The second kappa shape index (κ2) is 3.92. The zero-order valence-corrected chi connectivity index (χ0v) is 9.13. The van der Waals surface area contributed by atoms with Crippen molar-refractivity contribution in [1.29, 1.82) is 0 Å². The molecule has 82 valence electrons. The highest BCUT2D eigenvalue weighted by Crippen LogP contribution is 2.24. The van der Waals surface area contributed by atoms with Crippen LogP contribution in [0, 0.1) is 0 Å². The summed E-state index contributed by atoms with van der Waals surface area (Å²) in [4.78, 5) is 0. The Morgan fingerprint density at radius 2 is 2.07 bits per heavy atom. The molecule has 0 amide bonds. The Hall–Kier alpha value is -0.910. The van der Waals surface area contributed by atoms with Crippen LogP contribution in [0.5, 0.6) is 0 Å². The first-order valence-electron chi connectivity index (χ1n) is 4.92. The van der Waals surface area contributed by atoms with Gasteiger partial charge in [0.15, 0.2) is 5.37 Å². The fourth-order valence-electron chi connectivity index (χ4n) is 1.93. The topological polar surface area (TPSA) is 72.2 Å². The number of hydrogen-bond acceptors (Lipinski definition) is 3. The van der Waals surface area contributed by atoms with Crippen LogP contribution in [0.25, 0.3) is 0 Å². The van der Waals surface area contributed by atoms with E-state index in [4.69, 9.17) is 5.14 Å². The molecule has 4 nitrogen and oxygen atoms in total. The van der Waals surface area contributed by atoms with Crippen molar-refractivity contribution >= 4 is 10.0 Å². The molecule has 5 heteroatoms. The summed E-state index contributed by atoms with van der Waals surface area (Å²) >= 11 is 0. The van der Waals surface area contributed by atoms with E-state index in [0.717, 1.165) is 24.0 Å². The number of aryl methyl sites for hydroxylation is 1. The first-order chi connectivity index (χ1) is 7.09. The number of nitrogens with two attached hydrogens (primary N) is 1. The average molecular weight is 226 g/mol. The summed E-state index contributed by atoms with van der Waals surface area (Å²) in [6.45, 7) is 0.676. The van der Waals surface area contributed by atoms with E-state index in [1.54, 1.807) is 0 Å². The highest BCUT2D eigenvalue weighted by Gasteiger charge is 2.26. The van der Waals surface area contributed by atoms with Gasteiger partial charge in [0.1, 0.15) is 0 Å². The molecule has 1 unspecified atom stereocenters. The van der Waals surface area contributed by atoms with Gasteiger partial charge in [0, 0.05) is 0 Å². The standard InChI is InChI=1S/C10H14N2O2S/c11-15(13,14)10-9-6-2-1-4-8(9)5-3-7-12-10/h1-2,4,6,10,12H,3,5,7H2,(H2,11,13,14). The van der Waals surface area contributed by atoms with Gasteiger partial charge in [0.05, 0.1) is 0 Å². The summed E-state index contributed by atoms with van der Waals surface area (Å²) in [6.07, 6.45) is 1.83. The van der Waals surface area contributed by atoms with Crippen molar-refractivity contribution in [2.45, 2.75) is 18.2 Å². The Morgan fingerprint density at radius 1 is 1.33 bits per heavy atom. The number of sulfonamides is 1. The molecule has 0 saturated heterocycles. The molecule has 2 rings (SSSR count). The first-order valence-corrected chi connectivity index (χ1v) is 6.53. The number of primary sulfonamides is 1. The molecule has 0 aliphatic carbocycles. The smallest absolute Gasteiger partial charge is 0.229 e. The quantitative estimate of drug-likeness (QED) is 0.733. The summed E-state index contributed by atoms with van der Waals surface area (Å²) < 4.78 is 22.8. The Labute approximate surface area is 89.5 Å². The molecule has 0 spiro atoms. The molecule has 3 N–H and O–H groups in total. The molecule has 0 saturated carbocycles. The number of fused-ring (bicyclic) bond motifs is 1. The van der Waals surface area contributed by atoms with E-state index >= 15 is 0 Å². The fraction of sp³-hybridized carbons (Fsp3) is 0.400. The maximum absolute atomic E-state index is 11.4. The van der Waals surface area contributed by atoms with Gasteiger partial charge >= 0.3 is 0 Å². The van der Waals surface area contributed by atoms with Crippen LogP contribution in [0.4, 0.5) is 0 Å². The second-order valence-electron chi connectivity index (χ2n) is 3.73. The number of rotatable bonds is 1. The van der Waals surface area contributed by atoms with Crippen molar-refractivity contribution in [3.63, 3.8) is 0 Å². The first kappa shape index (κ1) is 10.6. The highest BCUT2D eigenvalue weighted by molar-refractivity contribution is 7.89. The minimum Gasteiger partial charge on any atom is -0.296 e. The van der Waals surface area contributed by atoms with Crippen molar-refractivity contribution in [3.8, 4) is 0 Å². The van der Waals surface area contributed by atoms with Gasteiger partial charge in [0.2, 0.25) is 10.0 Å². The lowest BCUT2D eigenvalue weighted by atomic mass is 10.0. The number of benzene rings is 1. The molecule has 1 aliphatic heterocycles. The van der Waals surface area contributed by atoms with Crippen molar-refractivity contribution in [1.82, 2.24) is 5.32 Å². The molecular weight excluding hydrogens is 212 g/mol. The molecule has 0 aromatic heterocycles. The van der Waals surface area contributed by atoms with Crippen LogP contribution < -0.4 is 10.5 Å². The van der Waals surface area contributed by atoms with E-state index in [2.05, 4.69) is 5.32 Å². The van der Waals surface area contributed by atoms with Crippen LogP contribution in [0.3, 0.4) is 0 Å². The van der Waals surface area contributed by atoms with Crippen molar-refractivity contribution in [2.24, 2.45) is 5.14 Å². The van der Waals surface area contributed by atoms with Crippen LogP contribution in [0.15, 0.2) is 24.3 Å². The maximum Gasteiger partial charge on any atom is 0.229 e. The summed E-state index contributed by atoms with van der Waals surface area (Å²) in [5.41, 5.74) is 1.86. The Kier molecular flexibility index (Phi) is 2.77. The largest absolute Gasteiger partial charge is 0.296 e. The van der Waals surface area contributed by atoms with Gasteiger partial charge in [-0.05, 0) is 30.5 Å². The summed E-state index contributed by atoms with van der Waals surface area (Å²) in [6, 6.07) is 7.54. The minimum absolute atomic E-state index is 0.676. The van der Waals surface area contributed by atoms with E-state index in [0.29, 0.717) is 6.54 Å². The van der Waals surface area contributed by atoms with Crippen LogP contribution >= 0.6 is 0 Å². The molecule has 1 heterocycles. The number of hydrogen-bond donors (Lipinski definition) is 2. The summed E-state index contributed by atoms with van der Waals surface area (Å²) in [5.74, 6) is 0. The van der Waals surface area contributed by atoms with Crippen LogP contribution in [0.1, 0.15) is 22.9 Å². The van der Waals surface area contributed by atoms with Gasteiger partial charge < -0.3 is 0 Å². The lowest BCUT2D eigenvalue weighted by molar-refractivity contribution is 0.559. The third-order valence-electron chi connectivity index (χ3n) is 2.62. The minimum atomic E-state index is -3.57. The molecule has 1 atom stereocenters. The Balaban J connectivity index is 2.51. The number of nitrogens with one attached hydrogen (secondary N) is 1. The highest BCUT2D eigenvalue weighted by atomic mass is 32.2. The third kappa shape index (κ3) is 2.19. The second-order valence-corrected chi connectivity index (χ2v) is 5.38. The molecule has 1 aliphatic rings. The van der Waals surface area contributed by atoms with Gasteiger partial charge in [-0.1, -0.05) is 24.3 Å². The zero-order chi connectivity index (χ0) is 10.9. The predicted octanol–water partition coefficient (Wildman–Crippen LogP) is 0.509. The van der Waals surface area contributed by atoms with Crippen molar-refractivity contribution < 1.29 is 8.42 Å². The van der Waals surface area contributed by atoms with Gasteiger partial charge in [-0.15, -0.1) is 0 Å². The predicted molar refractivity (Wildman–Crippen MR) is 58.6 cm³/mol. The lowest BCUT2D eigenvalue weighted by Gasteiger charge is -2.16. The molecular formula is C10H14N2O2S. The van der Waals surface area contributed by atoms with E-state index in [1.165, 1.54) is 0 Å². The average Bonchev–Trinajstić information content (AvgIpc) is 2.38. The van der Waals surface area contributed by atoms with Crippen LogP contribution in [-0.2, 0) is 16.4 Å².